The molecule has 1 rings (SSSR count). The van der Waals surface area contributed by atoms with Gasteiger partial charge in [-0.3, -0.25) is 0 Å². The third kappa shape index (κ3) is 5.41. The molecule has 1 atom stereocenters. The van der Waals surface area contributed by atoms with E-state index in [9.17, 15) is 0 Å². The first-order valence-corrected chi connectivity index (χ1v) is 7.52. The molecule has 1 aromatic carbocycles. The van der Waals surface area contributed by atoms with E-state index in [1.807, 2.05) is 12.1 Å². The number of rotatable bonds is 7. The molecule has 0 bridgehead atoms. The highest BCUT2D eigenvalue weighted by atomic mass is 79.9. The van der Waals surface area contributed by atoms with E-state index in [1.165, 1.54) is 18.4 Å². The molecule has 1 nitrogen and oxygen atoms in total. The average Bonchev–Trinajstić information content (AvgIpc) is 2.35. The molecule has 0 fully saturated rings. The van der Waals surface area contributed by atoms with Crippen LogP contribution in [0.25, 0.3) is 0 Å². The fraction of sp³-hybridized carbons (Fsp3) is 0.571. The minimum atomic E-state index is 0.0832. The molecule has 3 heteroatoms. The highest BCUT2D eigenvalue weighted by Gasteiger charge is 2.12. The Morgan fingerprint density at radius 3 is 2.41 bits per heavy atom. The fourth-order valence-corrected chi connectivity index (χ4v) is 2.37. The maximum Gasteiger partial charge on any atom is 0.0712 e. The normalized spacial score (nSPS) is 13.0. The molecule has 0 spiro atoms. The van der Waals surface area contributed by atoms with Crippen LogP contribution in [0.2, 0.25) is 0 Å². The van der Waals surface area contributed by atoms with E-state index in [4.69, 9.17) is 11.6 Å². The van der Waals surface area contributed by atoms with E-state index >= 15 is 0 Å². The van der Waals surface area contributed by atoms with Crippen LogP contribution in [0.4, 0.5) is 0 Å². The minimum absolute atomic E-state index is 0.0832. The third-order valence-corrected chi connectivity index (χ3v) is 3.84. The molecule has 0 aliphatic heterocycles. The summed E-state index contributed by atoms with van der Waals surface area (Å²) in [7, 11) is 0. The highest BCUT2D eigenvalue weighted by Crippen LogP contribution is 2.23. The molecule has 1 aromatic rings. The molecular weight excluding hydrogens is 298 g/mol. The van der Waals surface area contributed by atoms with Gasteiger partial charge in [0.1, 0.15) is 0 Å². The summed E-state index contributed by atoms with van der Waals surface area (Å²) in [6, 6.07) is 8.28. The summed E-state index contributed by atoms with van der Waals surface area (Å²) in [6.45, 7) is 7.56. The van der Waals surface area contributed by atoms with Gasteiger partial charge >= 0.3 is 0 Å². The zero-order valence-corrected chi connectivity index (χ0v) is 13.0. The molecule has 1 unspecified atom stereocenters. The Hall–Kier alpha value is -0.0500. The van der Waals surface area contributed by atoms with Crippen LogP contribution in [0.5, 0.6) is 0 Å². The van der Waals surface area contributed by atoms with Gasteiger partial charge in [0.2, 0.25) is 0 Å². The zero-order valence-electron chi connectivity index (χ0n) is 10.6. The number of likely N-dealkylation sites (N-methyl/N-ethyl adjacent to an activating group) is 1. The van der Waals surface area contributed by atoms with Crippen molar-refractivity contribution in [2.24, 2.45) is 0 Å². The average molecular weight is 319 g/mol. The lowest BCUT2D eigenvalue weighted by atomic mass is 10.1. The van der Waals surface area contributed by atoms with Gasteiger partial charge in [-0.2, -0.15) is 0 Å². The van der Waals surface area contributed by atoms with Crippen LogP contribution >= 0.6 is 27.5 Å². The molecule has 0 aromatic heterocycles. The van der Waals surface area contributed by atoms with Gasteiger partial charge in [-0.25, -0.2) is 0 Å². The van der Waals surface area contributed by atoms with Crippen LogP contribution in [0, 0.1) is 0 Å². The number of hydrogen-bond acceptors (Lipinski definition) is 1. The maximum atomic E-state index is 6.45. The Balaban J connectivity index is 2.51. The summed E-state index contributed by atoms with van der Waals surface area (Å²) < 4.78 is 1.10. The largest absolute Gasteiger partial charge is 0.302 e. The van der Waals surface area contributed by atoms with Crippen molar-refractivity contribution < 1.29 is 0 Å². The molecule has 96 valence electrons. The van der Waals surface area contributed by atoms with E-state index in [1.54, 1.807) is 0 Å². The first-order chi connectivity index (χ1) is 8.17. The van der Waals surface area contributed by atoms with E-state index in [-0.39, 0.29) is 5.38 Å². The standard InChI is InChI=1S/C14H21BrClN/c1-3-5-10-17(4-2)11-14(16)12-6-8-13(15)9-7-12/h6-9,14H,3-5,10-11H2,1-2H3. The smallest absolute Gasteiger partial charge is 0.0712 e. The van der Waals surface area contributed by atoms with Crippen LogP contribution in [0.15, 0.2) is 28.7 Å². The minimum Gasteiger partial charge on any atom is -0.302 e. The second-order valence-electron chi connectivity index (χ2n) is 4.27. The van der Waals surface area contributed by atoms with Crippen LogP contribution in [-0.2, 0) is 0 Å². The van der Waals surface area contributed by atoms with Crippen molar-refractivity contribution in [3.63, 3.8) is 0 Å². The first kappa shape index (κ1) is 15.0. The van der Waals surface area contributed by atoms with Crippen molar-refractivity contribution in [1.82, 2.24) is 4.90 Å². The second-order valence-corrected chi connectivity index (χ2v) is 5.71. The van der Waals surface area contributed by atoms with E-state index in [2.05, 4.69) is 46.8 Å². The topological polar surface area (TPSA) is 3.24 Å². The van der Waals surface area contributed by atoms with Gasteiger partial charge in [0.15, 0.2) is 0 Å². The van der Waals surface area contributed by atoms with Crippen molar-refractivity contribution in [2.75, 3.05) is 19.6 Å². The zero-order chi connectivity index (χ0) is 12.7. The predicted molar refractivity (Wildman–Crippen MR) is 79.8 cm³/mol. The first-order valence-electron chi connectivity index (χ1n) is 6.29. The number of halogens is 2. The monoisotopic (exact) mass is 317 g/mol. The lowest BCUT2D eigenvalue weighted by Gasteiger charge is -2.23. The second kappa shape index (κ2) is 8.12. The van der Waals surface area contributed by atoms with Gasteiger partial charge in [0.25, 0.3) is 0 Å². The van der Waals surface area contributed by atoms with Crippen LogP contribution < -0.4 is 0 Å². The molecular formula is C14H21BrClN. The number of benzene rings is 1. The Kier molecular flexibility index (Phi) is 7.17. The third-order valence-electron chi connectivity index (χ3n) is 2.93. The Labute approximate surface area is 118 Å². The lowest BCUT2D eigenvalue weighted by Crippen LogP contribution is -2.28. The van der Waals surface area contributed by atoms with Crippen molar-refractivity contribution in [3.8, 4) is 0 Å². The number of unbranched alkanes of at least 4 members (excludes halogenated alkanes) is 1. The maximum absolute atomic E-state index is 6.45. The van der Waals surface area contributed by atoms with E-state index in [0.717, 1.165) is 24.1 Å². The van der Waals surface area contributed by atoms with Crippen molar-refractivity contribution in [3.05, 3.63) is 34.3 Å². The van der Waals surface area contributed by atoms with Gasteiger partial charge in [0.05, 0.1) is 5.38 Å². The molecule has 0 amide bonds. The Morgan fingerprint density at radius 2 is 1.88 bits per heavy atom. The Morgan fingerprint density at radius 1 is 1.24 bits per heavy atom. The molecule has 0 aliphatic rings. The Bertz CT molecular complexity index is 313. The van der Waals surface area contributed by atoms with Gasteiger partial charge < -0.3 is 4.90 Å². The SMILES string of the molecule is CCCCN(CC)CC(Cl)c1ccc(Br)cc1. The number of nitrogens with zero attached hydrogens (tertiary/aromatic N) is 1. The van der Waals surface area contributed by atoms with Gasteiger partial charge in [-0.05, 0) is 37.2 Å². The summed E-state index contributed by atoms with van der Waals surface area (Å²) in [5.41, 5.74) is 1.20. The van der Waals surface area contributed by atoms with E-state index in [0.29, 0.717) is 0 Å². The molecule has 0 heterocycles. The highest BCUT2D eigenvalue weighted by molar-refractivity contribution is 9.10. The summed E-state index contributed by atoms with van der Waals surface area (Å²) in [5, 5.41) is 0.0832. The molecule has 0 saturated carbocycles. The molecule has 0 aliphatic carbocycles. The predicted octanol–water partition coefficient (Wildman–Crippen LogP) is 4.85. The van der Waals surface area contributed by atoms with Crippen LogP contribution in [0.1, 0.15) is 37.6 Å². The van der Waals surface area contributed by atoms with Crippen LogP contribution in [0.3, 0.4) is 0 Å². The molecule has 0 saturated heterocycles. The number of alkyl halides is 1. The molecule has 17 heavy (non-hydrogen) atoms. The molecule has 0 radical (unpaired) electrons. The summed E-state index contributed by atoms with van der Waals surface area (Å²) in [6.07, 6.45) is 2.49. The fourth-order valence-electron chi connectivity index (χ4n) is 1.76. The van der Waals surface area contributed by atoms with Crippen molar-refractivity contribution >= 4 is 27.5 Å². The quantitative estimate of drug-likeness (QED) is 0.650. The summed E-state index contributed by atoms with van der Waals surface area (Å²) >= 11 is 9.89. The summed E-state index contributed by atoms with van der Waals surface area (Å²) in [4.78, 5) is 2.42. The van der Waals surface area contributed by atoms with Gasteiger partial charge in [-0.15, -0.1) is 11.6 Å². The van der Waals surface area contributed by atoms with Crippen molar-refractivity contribution in [2.45, 2.75) is 32.1 Å². The van der Waals surface area contributed by atoms with Crippen LogP contribution in [-0.4, -0.2) is 24.5 Å². The number of hydrogen-bond donors (Lipinski definition) is 0. The lowest BCUT2D eigenvalue weighted by molar-refractivity contribution is 0.283. The van der Waals surface area contributed by atoms with Crippen molar-refractivity contribution in [1.29, 1.82) is 0 Å². The van der Waals surface area contributed by atoms with Gasteiger partial charge in [-0.1, -0.05) is 48.3 Å². The van der Waals surface area contributed by atoms with Gasteiger partial charge in [0, 0.05) is 11.0 Å². The van der Waals surface area contributed by atoms with E-state index < -0.39 is 0 Å². The summed E-state index contributed by atoms with van der Waals surface area (Å²) in [5.74, 6) is 0. The molecule has 0 N–H and O–H groups in total.